The molecule has 0 saturated carbocycles. The van der Waals surface area contributed by atoms with E-state index in [1.54, 1.807) is 6.07 Å². The maximum Gasteiger partial charge on any atom is 0.379 e. The standard InChI is InChI=1S/C13H8Br2O5/c1-18-12(16)7-2-3-9(8(14)6-7)20-13(17)10-4-5-11(15)19-10/h2-6H,1H3. The molecule has 0 fully saturated rings. The van der Waals surface area contributed by atoms with E-state index in [4.69, 9.17) is 9.15 Å². The Bertz CT molecular complexity index is 663. The number of methoxy groups -OCH3 is 1. The highest BCUT2D eigenvalue weighted by molar-refractivity contribution is 9.10. The van der Waals surface area contributed by atoms with Crippen molar-refractivity contribution in [2.45, 2.75) is 0 Å². The lowest BCUT2D eigenvalue weighted by atomic mass is 10.2. The van der Waals surface area contributed by atoms with Gasteiger partial charge in [-0.1, -0.05) is 0 Å². The molecule has 1 heterocycles. The molecule has 0 aliphatic rings. The second-order valence-electron chi connectivity index (χ2n) is 3.63. The zero-order chi connectivity index (χ0) is 14.7. The maximum atomic E-state index is 11.8. The van der Waals surface area contributed by atoms with Crippen molar-refractivity contribution in [3.05, 3.63) is 50.8 Å². The molecule has 1 aromatic carbocycles. The molecule has 1 aromatic heterocycles. The van der Waals surface area contributed by atoms with Gasteiger partial charge in [-0.3, -0.25) is 0 Å². The Balaban J connectivity index is 2.18. The summed E-state index contributed by atoms with van der Waals surface area (Å²) in [6.45, 7) is 0. The third kappa shape index (κ3) is 3.29. The van der Waals surface area contributed by atoms with Gasteiger partial charge < -0.3 is 13.9 Å². The van der Waals surface area contributed by atoms with Crippen LogP contribution >= 0.6 is 31.9 Å². The van der Waals surface area contributed by atoms with Crippen LogP contribution in [0, 0.1) is 0 Å². The zero-order valence-electron chi connectivity index (χ0n) is 10.2. The Labute approximate surface area is 131 Å². The van der Waals surface area contributed by atoms with E-state index in [1.165, 1.54) is 31.4 Å². The van der Waals surface area contributed by atoms with Crippen LogP contribution in [0.25, 0.3) is 0 Å². The van der Waals surface area contributed by atoms with Crippen molar-refractivity contribution in [1.29, 1.82) is 0 Å². The number of furan rings is 1. The third-order valence-corrected chi connectivity index (χ3v) is 3.38. The van der Waals surface area contributed by atoms with Crippen LogP contribution in [0.2, 0.25) is 0 Å². The van der Waals surface area contributed by atoms with Gasteiger partial charge in [0, 0.05) is 0 Å². The highest BCUT2D eigenvalue weighted by Crippen LogP contribution is 2.27. The lowest BCUT2D eigenvalue weighted by Gasteiger charge is -2.06. The van der Waals surface area contributed by atoms with Crippen molar-refractivity contribution < 1.29 is 23.5 Å². The van der Waals surface area contributed by atoms with Crippen molar-refractivity contribution >= 4 is 43.8 Å². The Morgan fingerprint density at radius 2 is 1.85 bits per heavy atom. The second kappa shape index (κ2) is 6.23. The summed E-state index contributed by atoms with van der Waals surface area (Å²) < 4.78 is 15.7. The molecule has 0 aliphatic carbocycles. The van der Waals surface area contributed by atoms with E-state index in [1.807, 2.05) is 0 Å². The number of rotatable bonds is 3. The van der Waals surface area contributed by atoms with Crippen molar-refractivity contribution in [2.24, 2.45) is 0 Å². The smallest absolute Gasteiger partial charge is 0.379 e. The zero-order valence-corrected chi connectivity index (χ0v) is 13.4. The monoisotopic (exact) mass is 402 g/mol. The molecular formula is C13H8Br2O5. The minimum Gasteiger partial charge on any atom is -0.465 e. The summed E-state index contributed by atoms with van der Waals surface area (Å²) in [5, 5.41) is 0. The fraction of sp³-hybridized carbons (Fsp3) is 0.0769. The average Bonchev–Trinajstić information content (AvgIpc) is 2.86. The van der Waals surface area contributed by atoms with Crippen LogP contribution in [0.3, 0.4) is 0 Å². The predicted octanol–water partition coefficient (Wildman–Crippen LogP) is 3.81. The van der Waals surface area contributed by atoms with Crippen molar-refractivity contribution in [2.75, 3.05) is 7.11 Å². The van der Waals surface area contributed by atoms with Crippen molar-refractivity contribution in [3.63, 3.8) is 0 Å². The van der Waals surface area contributed by atoms with Crippen molar-refractivity contribution in [1.82, 2.24) is 0 Å². The fourth-order valence-corrected chi connectivity index (χ4v) is 2.17. The summed E-state index contributed by atoms with van der Waals surface area (Å²) >= 11 is 6.32. The molecule has 2 aromatic rings. The van der Waals surface area contributed by atoms with E-state index < -0.39 is 11.9 Å². The molecule has 0 unspecified atom stereocenters. The summed E-state index contributed by atoms with van der Waals surface area (Å²) in [5.74, 6) is -0.767. The maximum absolute atomic E-state index is 11.8. The van der Waals surface area contributed by atoms with Crippen molar-refractivity contribution in [3.8, 4) is 5.75 Å². The summed E-state index contributed by atoms with van der Waals surface area (Å²) in [7, 11) is 1.29. The van der Waals surface area contributed by atoms with Gasteiger partial charge in [-0.15, -0.1) is 0 Å². The average molecular weight is 404 g/mol. The van der Waals surface area contributed by atoms with E-state index in [0.717, 1.165) is 0 Å². The highest BCUT2D eigenvalue weighted by Gasteiger charge is 2.16. The molecule has 0 atom stereocenters. The topological polar surface area (TPSA) is 65.7 Å². The molecule has 0 amide bonds. The first-order valence-corrected chi connectivity index (χ1v) is 6.95. The van der Waals surface area contributed by atoms with Gasteiger partial charge in [0.2, 0.25) is 5.76 Å². The molecule has 0 spiro atoms. The number of esters is 2. The minimum atomic E-state index is -0.637. The molecule has 20 heavy (non-hydrogen) atoms. The Kier molecular flexibility index (Phi) is 4.61. The lowest BCUT2D eigenvalue weighted by molar-refractivity contribution is 0.0600. The van der Waals surface area contributed by atoms with Gasteiger partial charge in [0.05, 0.1) is 17.1 Å². The molecule has 0 aliphatic heterocycles. The van der Waals surface area contributed by atoms with Crippen LogP contribution in [-0.2, 0) is 4.74 Å². The van der Waals surface area contributed by atoms with Crippen LogP contribution in [0.4, 0.5) is 0 Å². The number of hydrogen-bond acceptors (Lipinski definition) is 5. The van der Waals surface area contributed by atoms with E-state index >= 15 is 0 Å². The number of ether oxygens (including phenoxy) is 2. The summed E-state index contributed by atoms with van der Waals surface area (Å²) in [5.41, 5.74) is 0.347. The largest absolute Gasteiger partial charge is 0.465 e. The van der Waals surface area contributed by atoms with Gasteiger partial charge in [0.1, 0.15) is 5.75 Å². The fourth-order valence-electron chi connectivity index (χ4n) is 1.40. The SMILES string of the molecule is COC(=O)c1ccc(OC(=O)c2ccc(Br)o2)c(Br)c1. The van der Waals surface area contributed by atoms with E-state index in [-0.39, 0.29) is 11.5 Å². The summed E-state index contributed by atoms with van der Waals surface area (Å²) in [4.78, 5) is 23.2. The molecule has 0 N–H and O–H groups in total. The highest BCUT2D eigenvalue weighted by atomic mass is 79.9. The molecular weight excluding hydrogens is 396 g/mol. The van der Waals surface area contributed by atoms with Crippen LogP contribution in [-0.4, -0.2) is 19.0 Å². The number of hydrogen-bond donors (Lipinski definition) is 0. The molecule has 5 nitrogen and oxygen atoms in total. The summed E-state index contributed by atoms with van der Waals surface area (Å²) in [6.07, 6.45) is 0. The normalized spacial score (nSPS) is 10.2. The Morgan fingerprint density at radius 1 is 1.10 bits per heavy atom. The Morgan fingerprint density at radius 3 is 2.40 bits per heavy atom. The number of carbonyl (C=O) groups is 2. The molecule has 7 heteroatoms. The van der Waals surface area contributed by atoms with Gasteiger partial charge in [-0.2, -0.15) is 0 Å². The van der Waals surface area contributed by atoms with Gasteiger partial charge >= 0.3 is 11.9 Å². The first kappa shape index (κ1) is 14.8. The number of benzene rings is 1. The van der Waals surface area contributed by atoms with Gasteiger partial charge in [0.15, 0.2) is 4.67 Å². The predicted molar refractivity (Wildman–Crippen MR) is 76.8 cm³/mol. The lowest BCUT2D eigenvalue weighted by Crippen LogP contribution is -2.08. The van der Waals surface area contributed by atoms with E-state index in [2.05, 4.69) is 36.6 Å². The Hall–Kier alpha value is -1.60. The summed E-state index contributed by atoms with van der Waals surface area (Å²) in [6, 6.07) is 7.57. The molecule has 0 radical (unpaired) electrons. The van der Waals surface area contributed by atoms with Crippen LogP contribution < -0.4 is 4.74 Å². The number of carbonyl (C=O) groups excluding carboxylic acids is 2. The third-order valence-electron chi connectivity index (χ3n) is 2.33. The van der Waals surface area contributed by atoms with Crippen LogP contribution in [0.5, 0.6) is 5.75 Å². The number of halogens is 2. The first-order valence-electron chi connectivity index (χ1n) is 5.36. The molecule has 104 valence electrons. The first-order chi connectivity index (χ1) is 9.51. The van der Waals surface area contributed by atoms with Gasteiger partial charge in [-0.25, -0.2) is 9.59 Å². The molecule has 2 rings (SSSR count). The molecule has 0 bridgehead atoms. The quantitative estimate of drug-likeness (QED) is 0.575. The van der Waals surface area contributed by atoms with Crippen LogP contribution in [0.1, 0.15) is 20.9 Å². The van der Waals surface area contributed by atoms with E-state index in [0.29, 0.717) is 14.7 Å². The molecule has 0 saturated heterocycles. The van der Waals surface area contributed by atoms with Gasteiger partial charge in [0.25, 0.3) is 0 Å². The minimum absolute atomic E-state index is 0.0702. The van der Waals surface area contributed by atoms with E-state index in [9.17, 15) is 9.59 Å². The van der Waals surface area contributed by atoms with Gasteiger partial charge in [-0.05, 0) is 62.2 Å². The van der Waals surface area contributed by atoms with Crippen LogP contribution in [0.15, 0.2) is 43.9 Å². The second-order valence-corrected chi connectivity index (χ2v) is 5.27.